The van der Waals surface area contributed by atoms with E-state index in [1.54, 1.807) is 0 Å². The second-order valence-corrected chi connectivity index (χ2v) is 8.51. The van der Waals surface area contributed by atoms with Gasteiger partial charge in [0.25, 0.3) is 5.91 Å². The number of nitrogens with one attached hydrogen (secondary N) is 1. The van der Waals surface area contributed by atoms with E-state index in [9.17, 15) is 9.59 Å². The average Bonchev–Trinajstić information content (AvgIpc) is 2.93. The molecule has 25 heavy (non-hydrogen) atoms. The lowest BCUT2D eigenvalue weighted by Crippen LogP contribution is -2.51. The first-order chi connectivity index (χ1) is 12.1. The Kier molecular flexibility index (Phi) is 6.10. The van der Waals surface area contributed by atoms with Crippen molar-refractivity contribution in [2.75, 3.05) is 13.1 Å². The standard InChI is InChI=1S/C19H29N3O2S/c1-13-17(25-14(2)21-13)19(24)22-12-8-4-3-7-11-20-18(23)15-9-5-6-10-16(15)22/h15-16H,3-12H2,1-2H3,(H,20,23). The molecule has 1 aliphatic heterocycles. The molecule has 2 atom stereocenters. The van der Waals surface area contributed by atoms with Crippen LogP contribution in [0.3, 0.4) is 0 Å². The first-order valence-electron chi connectivity index (χ1n) is 9.60. The van der Waals surface area contributed by atoms with Crippen LogP contribution in [0, 0.1) is 19.8 Å². The van der Waals surface area contributed by atoms with Gasteiger partial charge in [-0.15, -0.1) is 11.3 Å². The molecule has 0 spiro atoms. The smallest absolute Gasteiger partial charge is 0.266 e. The maximum Gasteiger partial charge on any atom is 0.266 e. The highest BCUT2D eigenvalue weighted by molar-refractivity contribution is 7.13. The number of amides is 2. The van der Waals surface area contributed by atoms with Gasteiger partial charge in [-0.25, -0.2) is 4.98 Å². The molecule has 138 valence electrons. The summed E-state index contributed by atoms with van der Waals surface area (Å²) < 4.78 is 0. The predicted octanol–water partition coefficient (Wildman–Crippen LogP) is 3.45. The molecule has 1 saturated heterocycles. The topological polar surface area (TPSA) is 62.3 Å². The molecule has 0 aromatic carbocycles. The SMILES string of the molecule is Cc1nc(C)c(C(=O)N2CCCCCCNC(=O)C3CCCCC32)s1. The summed E-state index contributed by atoms with van der Waals surface area (Å²) in [6.45, 7) is 5.37. The third kappa shape index (κ3) is 4.22. The Morgan fingerprint density at radius 3 is 2.64 bits per heavy atom. The van der Waals surface area contributed by atoms with Crippen LogP contribution < -0.4 is 5.32 Å². The Hall–Kier alpha value is -1.43. The number of hydrogen-bond donors (Lipinski definition) is 1. The molecule has 1 N–H and O–H groups in total. The third-order valence-corrected chi connectivity index (χ3v) is 6.51. The highest BCUT2D eigenvalue weighted by Gasteiger charge is 2.38. The molecule has 1 saturated carbocycles. The van der Waals surface area contributed by atoms with Crippen molar-refractivity contribution in [1.29, 1.82) is 0 Å². The number of hydrogen-bond acceptors (Lipinski definition) is 4. The Morgan fingerprint density at radius 1 is 1.12 bits per heavy atom. The van der Waals surface area contributed by atoms with E-state index in [0.29, 0.717) is 0 Å². The van der Waals surface area contributed by atoms with Crippen LogP contribution in [-0.2, 0) is 4.79 Å². The van der Waals surface area contributed by atoms with E-state index in [0.717, 1.165) is 80.0 Å². The van der Waals surface area contributed by atoms with Crippen LogP contribution >= 0.6 is 11.3 Å². The second-order valence-electron chi connectivity index (χ2n) is 7.31. The minimum Gasteiger partial charge on any atom is -0.356 e. The molecule has 0 radical (unpaired) electrons. The van der Waals surface area contributed by atoms with Crippen LogP contribution in [0.5, 0.6) is 0 Å². The highest BCUT2D eigenvalue weighted by Crippen LogP contribution is 2.32. The summed E-state index contributed by atoms with van der Waals surface area (Å²) in [7, 11) is 0. The molecule has 0 bridgehead atoms. The average molecular weight is 364 g/mol. The summed E-state index contributed by atoms with van der Waals surface area (Å²) in [5.41, 5.74) is 0.818. The van der Waals surface area contributed by atoms with Gasteiger partial charge in [-0.2, -0.15) is 0 Å². The number of carbonyl (C=O) groups is 2. The maximum absolute atomic E-state index is 13.3. The van der Waals surface area contributed by atoms with E-state index in [-0.39, 0.29) is 23.8 Å². The first-order valence-corrected chi connectivity index (χ1v) is 10.4. The Bertz CT molecular complexity index is 628. The lowest BCUT2D eigenvalue weighted by molar-refractivity contribution is -0.128. The van der Waals surface area contributed by atoms with Gasteiger partial charge >= 0.3 is 0 Å². The second kappa shape index (κ2) is 8.30. The molecule has 2 aliphatic rings. The van der Waals surface area contributed by atoms with Crippen molar-refractivity contribution in [3.8, 4) is 0 Å². The molecule has 6 heteroatoms. The zero-order valence-electron chi connectivity index (χ0n) is 15.3. The molecule has 2 fully saturated rings. The number of fused-ring (bicyclic) bond motifs is 1. The van der Waals surface area contributed by atoms with Crippen LogP contribution in [0.25, 0.3) is 0 Å². The zero-order valence-corrected chi connectivity index (χ0v) is 16.2. The van der Waals surface area contributed by atoms with Crippen molar-refractivity contribution < 1.29 is 9.59 Å². The minimum absolute atomic E-state index is 0.0288. The van der Waals surface area contributed by atoms with Crippen molar-refractivity contribution in [3.05, 3.63) is 15.6 Å². The number of rotatable bonds is 1. The molecular formula is C19H29N3O2S. The summed E-state index contributed by atoms with van der Waals surface area (Å²) in [6.07, 6.45) is 8.26. The van der Waals surface area contributed by atoms with E-state index in [1.165, 1.54) is 11.3 Å². The van der Waals surface area contributed by atoms with Crippen LogP contribution in [0.4, 0.5) is 0 Å². The molecule has 1 aliphatic carbocycles. The minimum atomic E-state index is -0.0647. The fourth-order valence-electron chi connectivity index (χ4n) is 4.17. The molecule has 5 nitrogen and oxygen atoms in total. The molecule has 1 aromatic rings. The van der Waals surface area contributed by atoms with E-state index in [2.05, 4.69) is 10.3 Å². The summed E-state index contributed by atoms with van der Waals surface area (Å²) in [5, 5.41) is 4.03. The van der Waals surface area contributed by atoms with Crippen molar-refractivity contribution in [3.63, 3.8) is 0 Å². The van der Waals surface area contributed by atoms with E-state index >= 15 is 0 Å². The Balaban J connectivity index is 1.89. The summed E-state index contributed by atoms with van der Waals surface area (Å²) >= 11 is 1.48. The Labute approximate surface area is 154 Å². The Morgan fingerprint density at radius 2 is 1.88 bits per heavy atom. The van der Waals surface area contributed by atoms with Crippen molar-refractivity contribution in [2.45, 2.75) is 71.3 Å². The van der Waals surface area contributed by atoms with Gasteiger partial charge in [0.05, 0.1) is 16.6 Å². The van der Waals surface area contributed by atoms with Gasteiger partial charge in [0.15, 0.2) is 0 Å². The number of nitrogens with zero attached hydrogens (tertiary/aromatic N) is 2. The van der Waals surface area contributed by atoms with Gasteiger partial charge in [0.2, 0.25) is 5.91 Å². The summed E-state index contributed by atoms with van der Waals surface area (Å²) in [5.74, 6) is 0.152. The van der Waals surface area contributed by atoms with Gasteiger partial charge in [0.1, 0.15) is 4.88 Å². The van der Waals surface area contributed by atoms with Gasteiger partial charge < -0.3 is 10.2 Å². The monoisotopic (exact) mass is 363 g/mol. The quantitative estimate of drug-likeness (QED) is 0.831. The molecule has 2 heterocycles. The lowest BCUT2D eigenvalue weighted by Gasteiger charge is -2.39. The zero-order chi connectivity index (χ0) is 17.8. The van der Waals surface area contributed by atoms with Crippen LogP contribution in [-0.4, -0.2) is 40.8 Å². The lowest BCUT2D eigenvalue weighted by atomic mass is 9.82. The normalized spacial score (nSPS) is 25.7. The number of aromatic nitrogens is 1. The van der Waals surface area contributed by atoms with Crippen molar-refractivity contribution in [1.82, 2.24) is 15.2 Å². The van der Waals surface area contributed by atoms with Gasteiger partial charge in [-0.1, -0.05) is 25.7 Å². The molecule has 2 unspecified atom stereocenters. The fraction of sp³-hybridized carbons (Fsp3) is 0.737. The van der Waals surface area contributed by atoms with E-state index in [1.807, 2.05) is 18.7 Å². The van der Waals surface area contributed by atoms with Gasteiger partial charge in [-0.05, 0) is 39.5 Å². The van der Waals surface area contributed by atoms with Crippen LogP contribution in [0.1, 0.15) is 71.7 Å². The van der Waals surface area contributed by atoms with Crippen molar-refractivity contribution >= 4 is 23.2 Å². The fourth-order valence-corrected chi connectivity index (χ4v) is 5.05. The van der Waals surface area contributed by atoms with E-state index in [4.69, 9.17) is 0 Å². The molecule has 1 aromatic heterocycles. The first kappa shape index (κ1) is 18.4. The molecule has 2 amide bonds. The molecule has 3 rings (SSSR count). The van der Waals surface area contributed by atoms with Crippen LogP contribution in [0.15, 0.2) is 0 Å². The highest BCUT2D eigenvalue weighted by atomic mass is 32.1. The van der Waals surface area contributed by atoms with Gasteiger partial charge in [-0.3, -0.25) is 9.59 Å². The third-order valence-electron chi connectivity index (χ3n) is 5.45. The van der Waals surface area contributed by atoms with Gasteiger partial charge in [0, 0.05) is 19.1 Å². The summed E-state index contributed by atoms with van der Waals surface area (Å²) in [4.78, 5) is 33.2. The number of carbonyl (C=O) groups excluding carboxylic acids is 2. The largest absolute Gasteiger partial charge is 0.356 e. The van der Waals surface area contributed by atoms with Crippen molar-refractivity contribution in [2.24, 2.45) is 5.92 Å². The number of aryl methyl sites for hydroxylation is 2. The van der Waals surface area contributed by atoms with E-state index < -0.39 is 0 Å². The number of thiazole rings is 1. The molecular weight excluding hydrogens is 334 g/mol. The van der Waals surface area contributed by atoms with Crippen LogP contribution in [0.2, 0.25) is 0 Å². The summed E-state index contributed by atoms with van der Waals surface area (Å²) in [6, 6.07) is 0.0288. The maximum atomic E-state index is 13.3. The predicted molar refractivity (Wildman–Crippen MR) is 99.8 cm³/mol.